The molecule has 2 rings (SSSR count). The number of carboxylic acids is 1. The minimum atomic E-state index is -0.586. The van der Waals surface area contributed by atoms with Crippen molar-refractivity contribution in [2.24, 2.45) is 11.3 Å². The molecule has 1 N–H and O–H groups in total. The van der Waals surface area contributed by atoms with E-state index in [-0.39, 0.29) is 5.92 Å². The van der Waals surface area contributed by atoms with Gasteiger partial charge < -0.3 is 5.11 Å². The molecule has 12 heavy (non-hydrogen) atoms. The number of thioether (sulfide) groups is 1. The van der Waals surface area contributed by atoms with Crippen LogP contribution in [0, 0.1) is 11.3 Å². The molecule has 2 aliphatic rings. The molecule has 1 saturated heterocycles. The summed E-state index contributed by atoms with van der Waals surface area (Å²) in [4.78, 5) is 10.7. The summed E-state index contributed by atoms with van der Waals surface area (Å²) < 4.78 is 0. The fourth-order valence-corrected chi connectivity index (χ4v) is 3.52. The summed E-state index contributed by atoms with van der Waals surface area (Å²) in [6.45, 7) is 0. The van der Waals surface area contributed by atoms with E-state index in [1.165, 1.54) is 11.5 Å². The summed E-state index contributed by atoms with van der Waals surface area (Å²) in [5.74, 6) is 1.93. The van der Waals surface area contributed by atoms with Crippen molar-refractivity contribution in [1.29, 1.82) is 0 Å². The summed E-state index contributed by atoms with van der Waals surface area (Å²) in [5.41, 5.74) is 0.566. The van der Waals surface area contributed by atoms with Gasteiger partial charge in [0.1, 0.15) is 0 Å². The molecule has 3 heteroatoms. The van der Waals surface area contributed by atoms with Gasteiger partial charge in [-0.05, 0) is 42.6 Å². The number of aliphatic carboxylic acids is 1. The Morgan fingerprint density at radius 3 is 2.25 bits per heavy atom. The minimum Gasteiger partial charge on any atom is -0.481 e. The third kappa shape index (κ3) is 1.35. The van der Waals surface area contributed by atoms with Gasteiger partial charge in [-0.25, -0.2) is 0 Å². The van der Waals surface area contributed by atoms with Gasteiger partial charge in [0.05, 0.1) is 5.92 Å². The number of hydrogen-bond donors (Lipinski definition) is 1. The number of hydrogen-bond acceptors (Lipinski definition) is 2. The molecule has 0 amide bonds. The van der Waals surface area contributed by atoms with Crippen LogP contribution in [0.3, 0.4) is 0 Å². The average molecular weight is 186 g/mol. The van der Waals surface area contributed by atoms with E-state index in [0.717, 1.165) is 25.7 Å². The van der Waals surface area contributed by atoms with Crippen LogP contribution in [0.2, 0.25) is 0 Å². The first kappa shape index (κ1) is 8.42. The molecule has 0 atom stereocenters. The Kier molecular flexibility index (Phi) is 2.07. The van der Waals surface area contributed by atoms with Crippen molar-refractivity contribution >= 4 is 17.7 Å². The molecule has 1 saturated carbocycles. The van der Waals surface area contributed by atoms with Gasteiger partial charge in [-0.1, -0.05) is 0 Å². The van der Waals surface area contributed by atoms with E-state index in [2.05, 4.69) is 0 Å². The van der Waals surface area contributed by atoms with E-state index in [0.29, 0.717) is 5.41 Å². The van der Waals surface area contributed by atoms with Crippen LogP contribution in [-0.4, -0.2) is 22.6 Å². The van der Waals surface area contributed by atoms with Gasteiger partial charge in [-0.2, -0.15) is 11.8 Å². The number of rotatable bonds is 1. The van der Waals surface area contributed by atoms with E-state index in [9.17, 15) is 4.79 Å². The van der Waals surface area contributed by atoms with Crippen LogP contribution in [0.15, 0.2) is 0 Å². The van der Waals surface area contributed by atoms with Gasteiger partial charge in [0.15, 0.2) is 0 Å². The summed E-state index contributed by atoms with van der Waals surface area (Å²) in [7, 11) is 0. The summed E-state index contributed by atoms with van der Waals surface area (Å²) in [6.07, 6.45) is 4.12. The third-order valence-electron chi connectivity index (χ3n) is 3.21. The van der Waals surface area contributed by atoms with Crippen LogP contribution >= 0.6 is 11.8 Å². The first-order valence-corrected chi connectivity index (χ1v) is 5.68. The van der Waals surface area contributed by atoms with Gasteiger partial charge in [0, 0.05) is 0 Å². The Hall–Kier alpha value is -0.180. The smallest absolute Gasteiger partial charge is 0.306 e. The number of carboxylic acid groups (broad SMARTS) is 1. The molecule has 0 aromatic carbocycles. The lowest BCUT2D eigenvalue weighted by Crippen LogP contribution is -2.40. The first-order chi connectivity index (χ1) is 5.72. The van der Waals surface area contributed by atoms with Crippen LogP contribution in [0.5, 0.6) is 0 Å². The highest BCUT2D eigenvalue weighted by Gasteiger charge is 2.42. The Labute approximate surface area is 76.7 Å². The van der Waals surface area contributed by atoms with Crippen LogP contribution in [-0.2, 0) is 4.79 Å². The second kappa shape index (κ2) is 2.95. The highest BCUT2D eigenvalue weighted by Crippen LogP contribution is 2.49. The Balaban J connectivity index is 1.88. The van der Waals surface area contributed by atoms with Crippen molar-refractivity contribution in [3.8, 4) is 0 Å². The molecule has 1 aliphatic heterocycles. The van der Waals surface area contributed by atoms with E-state index in [1.54, 1.807) is 0 Å². The van der Waals surface area contributed by atoms with E-state index in [4.69, 9.17) is 5.11 Å². The SMILES string of the molecule is O=C(O)C1CCC2(CC1)CSC2. The molecule has 0 radical (unpaired) electrons. The zero-order chi connectivity index (χ0) is 8.60. The zero-order valence-electron chi connectivity index (χ0n) is 7.08. The Morgan fingerprint density at radius 2 is 1.92 bits per heavy atom. The standard InChI is InChI=1S/C9H14O2S/c10-8(11)7-1-3-9(4-2-7)5-12-6-9/h7H,1-6H2,(H,10,11). The molecule has 68 valence electrons. The summed E-state index contributed by atoms with van der Waals surface area (Å²) in [6, 6.07) is 0. The second-order valence-electron chi connectivity index (χ2n) is 4.11. The predicted octanol–water partition coefficient (Wildman–Crippen LogP) is 1.99. The van der Waals surface area contributed by atoms with Crippen molar-refractivity contribution in [2.75, 3.05) is 11.5 Å². The molecule has 1 heterocycles. The topological polar surface area (TPSA) is 37.3 Å². The fourth-order valence-electron chi connectivity index (χ4n) is 2.16. The quantitative estimate of drug-likeness (QED) is 0.680. The molecule has 0 bridgehead atoms. The molecule has 0 aromatic rings. The molecular formula is C9H14O2S. The van der Waals surface area contributed by atoms with Crippen molar-refractivity contribution in [3.63, 3.8) is 0 Å². The van der Waals surface area contributed by atoms with Crippen LogP contribution in [0.1, 0.15) is 25.7 Å². The average Bonchev–Trinajstić information content (AvgIpc) is 2.02. The lowest BCUT2D eigenvalue weighted by Gasteiger charge is -2.45. The maximum atomic E-state index is 10.7. The molecule has 1 spiro atoms. The molecule has 2 nitrogen and oxygen atoms in total. The van der Waals surface area contributed by atoms with Gasteiger partial charge in [0.2, 0.25) is 0 Å². The van der Waals surface area contributed by atoms with Crippen LogP contribution in [0.4, 0.5) is 0 Å². The molecule has 0 unspecified atom stereocenters. The van der Waals surface area contributed by atoms with Gasteiger partial charge in [0.25, 0.3) is 0 Å². The Morgan fingerprint density at radius 1 is 1.33 bits per heavy atom. The second-order valence-corrected chi connectivity index (χ2v) is 5.09. The Bertz CT molecular complexity index is 189. The van der Waals surface area contributed by atoms with Crippen LogP contribution in [0.25, 0.3) is 0 Å². The van der Waals surface area contributed by atoms with E-state index < -0.39 is 5.97 Å². The zero-order valence-corrected chi connectivity index (χ0v) is 7.90. The highest BCUT2D eigenvalue weighted by atomic mass is 32.2. The maximum absolute atomic E-state index is 10.7. The number of carbonyl (C=O) groups is 1. The van der Waals surface area contributed by atoms with Crippen molar-refractivity contribution in [1.82, 2.24) is 0 Å². The molecular weight excluding hydrogens is 172 g/mol. The summed E-state index contributed by atoms with van der Waals surface area (Å²) in [5, 5.41) is 8.79. The third-order valence-corrected chi connectivity index (χ3v) is 4.84. The minimum absolute atomic E-state index is 0.0405. The predicted molar refractivity (Wildman–Crippen MR) is 49.4 cm³/mol. The largest absolute Gasteiger partial charge is 0.481 e. The monoisotopic (exact) mass is 186 g/mol. The molecule has 2 fully saturated rings. The van der Waals surface area contributed by atoms with Crippen molar-refractivity contribution in [2.45, 2.75) is 25.7 Å². The van der Waals surface area contributed by atoms with E-state index in [1.807, 2.05) is 11.8 Å². The summed E-state index contributed by atoms with van der Waals surface area (Å²) >= 11 is 2.00. The highest BCUT2D eigenvalue weighted by molar-refractivity contribution is 8.00. The van der Waals surface area contributed by atoms with Gasteiger partial charge >= 0.3 is 5.97 Å². The first-order valence-electron chi connectivity index (χ1n) is 4.52. The normalized spacial score (nSPS) is 28.3. The molecule has 1 aliphatic carbocycles. The van der Waals surface area contributed by atoms with Gasteiger partial charge in [-0.15, -0.1) is 0 Å². The van der Waals surface area contributed by atoms with E-state index >= 15 is 0 Å². The van der Waals surface area contributed by atoms with Crippen LogP contribution < -0.4 is 0 Å². The van der Waals surface area contributed by atoms with Crippen molar-refractivity contribution in [3.05, 3.63) is 0 Å². The van der Waals surface area contributed by atoms with Gasteiger partial charge in [-0.3, -0.25) is 4.79 Å². The molecule has 0 aromatic heterocycles. The lowest BCUT2D eigenvalue weighted by molar-refractivity contribution is -0.143. The lowest BCUT2D eigenvalue weighted by atomic mass is 9.72. The fraction of sp³-hybridized carbons (Fsp3) is 0.889. The van der Waals surface area contributed by atoms with Crippen molar-refractivity contribution < 1.29 is 9.90 Å². The maximum Gasteiger partial charge on any atom is 0.306 e.